The lowest BCUT2D eigenvalue weighted by Gasteiger charge is -2.39. The monoisotopic (exact) mass is 368 g/mol. The largest absolute Gasteiger partial charge is 0.481 e. The zero-order chi connectivity index (χ0) is 19.0. The summed E-state index contributed by atoms with van der Waals surface area (Å²) in [6, 6.07) is 9.71. The van der Waals surface area contributed by atoms with Crippen molar-refractivity contribution in [2.24, 2.45) is 11.3 Å². The van der Waals surface area contributed by atoms with Gasteiger partial charge < -0.3 is 14.5 Å². The van der Waals surface area contributed by atoms with Crippen LogP contribution in [-0.2, 0) is 16.0 Å². The van der Waals surface area contributed by atoms with E-state index in [1.165, 1.54) is 0 Å². The Labute approximate surface area is 158 Å². The average Bonchev–Trinajstić information content (AvgIpc) is 3.41. The number of carboxylic acid groups (broad SMARTS) is 1. The number of hydrogen-bond donors (Lipinski definition) is 1. The molecule has 0 bridgehead atoms. The molecule has 2 fully saturated rings. The van der Waals surface area contributed by atoms with Crippen molar-refractivity contribution in [2.45, 2.75) is 39.0 Å². The van der Waals surface area contributed by atoms with Crippen molar-refractivity contribution < 1.29 is 19.2 Å². The minimum atomic E-state index is -1.01. The molecule has 2 aliphatic rings. The number of benzene rings is 1. The van der Waals surface area contributed by atoms with E-state index in [1.807, 2.05) is 37.3 Å². The molecule has 6 heteroatoms. The highest BCUT2D eigenvalue weighted by atomic mass is 16.5. The van der Waals surface area contributed by atoms with E-state index in [2.05, 4.69) is 5.16 Å². The summed E-state index contributed by atoms with van der Waals surface area (Å²) in [5, 5.41) is 14.1. The van der Waals surface area contributed by atoms with Crippen molar-refractivity contribution in [1.82, 2.24) is 10.1 Å². The van der Waals surface area contributed by atoms with Crippen LogP contribution in [0.1, 0.15) is 37.0 Å². The van der Waals surface area contributed by atoms with Crippen LogP contribution in [0.3, 0.4) is 0 Å². The van der Waals surface area contributed by atoms with Crippen LogP contribution in [0.5, 0.6) is 0 Å². The van der Waals surface area contributed by atoms with Crippen molar-refractivity contribution in [3.8, 4) is 11.3 Å². The topological polar surface area (TPSA) is 83.6 Å². The first kappa shape index (κ1) is 17.8. The van der Waals surface area contributed by atoms with Gasteiger partial charge in [0.15, 0.2) is 0 Å². The number of carbonyl (C=O) groups excluding carboxylic acids is 1. The normalized spacial score (nSPS) is 22.6. The third-order valence-electron chi connectivity index (χ3n) is 5.76. The lowest BCUT2D eigenvalue weighted by atomic mass is 9.76. The van der Waals surface area contributed by atoms with Gasteiger partial charge in [0.25, 0.3) is 0 Å². The molecule has 1 aliphatic carbocycles. The van der Waals surface area contributed by atoms with Gasteiger partial charge in [-0.15, -0.1) is 0 Å². The Balaban J connectivity index is 1.56. The number of piperidine rings is 1. The summed E-state index contributed by atoms with van der Waals surface area (Å²) >= 11 is 0. The van der Waals surface area contributed by atoms with Crippen LogP contribution in [0.2, 0.25) is 0 Å². The maximum Gasteiger partial charge on any atom is 0.311 e. The summed E-state index contributed by atoms with van der Waals surface area (Å²) in [6.07, 6.45) is 3.34. The molecular weight excluding hydrogens is 344 g/mol. The zero-order valence-corrected chi connectivity index (χ0v) is 15.5. The third kappa shape index (κ3) is 3.48. The number of aliphatic carboxylic acids is 1. The van der Waals surface area contributed by atoms with E-state index in [-0.39, 0.29) is 24.8 Å². The molecule has 1 unspecified atom stereocenters. The molecular formula is C21H24N2O4. The Bertz CT molecular complexity index is 871. The lowest BCUT2D eigenvalue weighted by molar-refractivity contribution is -0.155. The molecule has 6 nitrogen and oxygen atoms in total. The van der Waals surface area contributed by atoms with Crippen LogP contribution in [0.15, 0.2) is 34.9 Å². The van der Waals surface area contributed by atoms with Crippen LogP contribution < -0.4 is 0 Å². The van der Waals surface area contributed by atoms with Crippen LogP contribution in [0, 0.1) is 18.3 Å². The number of carbonyl (C=O) groups is 2. The Morgan fingerprint density at radius 3 is 2.81 bits per heavy atom. The molecule has 0 radical (unpaired) electrons. The van der Waals surface area contributed by atoms with Crippen molar-refractivity contribution in [3.05, 3.63) is 41.7 Å². The van der Waals surface area contributed by atoms with Crippen molar-refractivity contribution in [1.29, 1.82) is 0 Å². The van der Waals surface area contributed by atoms with Crippen LogP contribution in [0.4, 0.5) is 0 Å². The predicted molar refractivity (Wildman–Crippen MR) is 99.0 cm³/mol. The summed E-state index contributed by atoms with van der Waals surface area (Å²) in [4.78, 5) is 26.4. The quantitative estimate of drug-likeness (QED) is 0.875. The molecule has 1 atom stereocenters. The maximum absolute atomic E-state index is 12.4. The number of aryl methyl sites for hydroxylation is 1. The predicted octanol–water partition coefficient (Wildman–Crippen LogP) is 3.30. The second-order valence-corrected chi connectivity index (χ2v) is 7.89. The molecule has 1 aromatic heterocycles. The van der Waals surface area contributed by atoms with Gasteiger partial charge in [-0.3, -0.25) is 9.59 Å². The molecule has 1 amide bonds. The van der Waals surface area contributed by atoms with E-state index >= 15 is 0 Å². The highest BCUT2D eigenvalue weighted by Gasteiger charge is 2.46. The molecule has 2 heterocycles. The van der Waals surface area contributed by atoms with Crippen molar-refractivity contribution in [2.75, 3.05) is 13.1 Å². The molecule has 1 saturated heterocycles. The first-order valence-corrected chi connectivity index (χ1v) is 9.52. The molecule has 1 N–H and O–H groups in total. The molecule has 1 aromatic carbocycles. The average molecular weight is 368 g/mol. The zero-order valence-electron chi connectivity index (χ0n) is 15.5. The summed E-state index contributed by atoms with van der Waals surface area (Å²) < 4.78 is 5.49. The number of likely N-dealkylation sites (tertiary alicyclic amines) is 1. The third-order valence-corrected chi connectivity index (χ3v) is 5.76. The fourth-order valence-corrected chi connectivity index (χ4v) is 4.02. The Morgan fingerprint density at radius 1 is 1.33 bits per heavy atom. The van der Waals surface area contributed by atoms with Crippen molar-refractivity contribution >= 4 is 11.9 Å². The standard InChI is InChI=1S/C21H24N2O4/c1-14-5-2-3-6-17(14)18-11-16(27-22-18)12-21(20(25)26)9-4-10-23(13-21)19(24)15-7-8-15/h2-3,5-6,11,15H,4,7-10,12-13H2,1H3,(H,25,26). The number of carboxylic acids is 1. The molecule has 0 spiro atoms. The number of hydrogen-bond acceptors (Lipinski definition) is 4. The first-order valence-electron chi connectivity index (χ1n) is 9.52. The van der Waals surface area contributed by atoms with E-state index in [1.54, 1.807) is 4.90 Å². The number of aromatic nitrogens is 1. The van der Waals surface area contributed by atoms with Gasteiger partial charge in [-0.2, -0.15) is 0 Å². The number of amides is 1. The van der Waals surface area contributed by atoms with E-state index in [0.717, 1.165) is 24.0 Å². The minimum Gasteiger partial charge on any atom is -0.481 e. The SMILES string of the molecule is Cc1ccccc1-c1cc(CC2(C(=O)O)CCCN(C(=O)C3CC3)C2)on1. The second-order valence-electron chi connectivity index (χ2n) is 7.89. The van der Waals surface area contributed by atoms with Crippen LogP contribution in [-0.4, -0.2) is 40.1 Å². The molecule has 142 valence electrons. The Hall–Kier alpha value is -2.63. The Kier molecular flexibility index (Phi) is 4.50. The molecule has 2 aromatic rings. The summed E-state index contributed by atoms with van der Waals surface area (Å²) in [7, 11) is 0. The van der Waals surface area contributed by atoms with Gasteiger partial charge in [0.05, 0.1) is 5.41 Å². The van der Waals surface area contributed by atoms with Gasteiger partial charge in [-0.1, -0.05) is 29.4 Å². The van der Waals surface area contributed by atoms with Crippen molar-refractivity contribution in [3.63, 3.8) is 0 Å². The van der Waals surface area contributed by atoms with Gasteiger partial charge in [0.1, 0.15) is 11.5 Å². The molecule has 27 heavy (non-hydrogen) atoms. The minimum absolute atomic E-state index is 0.104. The van der Waals surface area contributed by atoms with Gasteiger partial charge in [-0.25, -0.2) is 0 Å². The highest BCUT2D eigenvalue weighted by Crippen LogP contribution is 2.38. The number of rotatable bonds is 5. The van der Waals surface area contributed by atoms with Gasteiger partial charge >= 0.3 is 5.97 Å². The fraction of sp³-hybridized carbons (Fsp3) is 0.476. The molecule has 4 rings (SSSR count). The summed E-state index contributed by atoms with van der Waals surface area (Å²) in [5.74, 6) is -0.105. The smallest absolute Gasteiger partial charge is 0.311 e. The summed E-state index contributed by atoms with van der Waals surface area (Å²) in [6.45, 7) is 2.90. The first-order chi connectivity index (χ1) is 13.0. The van der Waals surface area contributed by atoms with Gasteiger partial charge in [0.2, 0.25) is 5.91 Å². The molecule has 1 saturated carbocycles. The lowest BCUT2D eigenvalue weighted by Crippen LogP contribution is -2.51. The fourth-order valence-electron chi connectivity index (χ4n) is 4.02. The van der Waals surface area contributed by atoms with Gasteiger partial charge in [-0.05, 0) is 38.2 Å². The maximum atomic E-state index is 12.4. The van der Waals surface area contributed by atoms with E-state index in [9.17, 15) is 14.7 Å². The molecule has 1 aliphatic heterocycles. The van der Waals surface area contributed by atoms with Crippen LogP contribution in [0.25, 0.3) is 11.3 Å². The van der Waals surface area contributed by atoms with E-state index in [4.69, 9.17) is 4.52 Å². The van der Waals surface area contributed by atoms with Crippen LogP contribution >= 0.6 is 0 Å². The Morgan fingerprint density at radius 2 is 2.11 bits per heavy atom. The van der Waals surface area contributed by atoms with E-state index in [0.29, 0.717) is 30.8 Å². The summed E-state index contributed by atoms with van der Waals surface area (Å²) in [5.41, 5.74) is 1.77. The number of nitrogens with zero attached hydrogens (tertiary/aromatic N) is 2. The van der Waals surface area contributed by atoms with E-state index < -0.39 is 11.4 Å². The van der Waals surface area contributed by atoms with Gasteiger partial charge in [0, 0.05) is 37.1 Å². The highest BCUT2D eigenvalue weighted by molar-refractivity contribution is 5.83. The second kappa shape index (κ2) is 6.83.